The summed E-state index contributed by atoms with van der Waals surface area (Å²) < 4.78 is 1.44. The van der Waals surface area contributed by atoms with Gasteiger partial charge < -0.3 is 14.8 Å². The Hall–Kier alpha value is -1.33. The first kappa shape index (κ1) is 14.1. The number of nitrogens with zero attached hydrogens (tertiary/aromatic N) is 2. The molecule has 0 bridgehead atoms. The first-order valence-corrected chi connectivity index (χ1v) is 6.88. The summed E-state index contributed by atoms with van der Waals surface area (Å²) in [6, 6.07) is 2.47. The van der Waals surface area contributed by atoms with Crippen molar-refractivity contribution in [2.24, 2.45) is 0 Å². The van der Waals surface area contributed by atoms with Gasteiger partial charge in [-0.25, -0.2) is 0 Å². The quantitative estimate of drug-likeness (QED) is 0.896. The molecule has 6 heteroatoms. The zero-order valence-corrected chi connectivity index (χ0v) is 11.7. The Morgan fingerprint density at radius 1 is 1.42 bits per heavy atom. The molecule has 1 atom stereocenters. The molecule has 0 aromatic carbocycles. The Morgan fingerprint density at radius 3 is 2.74 bits per heavy atom. The van der Waals surface area contributed by atoms with Crippen LogP contribution >= 0.6 is 11.6 Å². The minimum atomic E-state index is -0.468. The summed E-state index contributed by atoms with van der Waals surface area (Å²) in [5, 5.41) is 3.67. The van der Waals surface area contributed by atoms with Crippen LogP contribution in [0.1, 0.15) is 19.4 Å². The van der Waals surface area contributed by atoms with E-state index in [4.69, 9.17) is 11.6 Å². The van der Waals surface area contributed by atoms with E-state index in [1.165, 1.54) is 16.8 Å². The second-order valence-corrected chi connectivity index (χ2v) is 5.03. The van der Waals surface area contributed by atoms with Gasteiger partial charge in [-0.15, -0.1) is 0 Å². The third kappa shape index (κ3) is 3.16. The lowest BCUT2D eigenvalue weighted by atomic mass is 10.1. The maximum Gasteiger partial charge on any atom is 0.251 e. The Balaban J connectivity index is 2.25. The SMILES string of the molecule is CCC(C(=O)N1CCNCC1)n1cc(Cl)ccc1=O. The molecule has 1 amide bonds. The zero-order chi connectivity index (χ0) is 13.8. The number of amides is 1. The number of hydrogen-bond acceptors (Lipinski definition) is 3. The maximum atomic E-state index is 12.5. The van der Waals surface area contributed by atoms with Crippen LogP contribution in [0.2, 0.25) is 5.02 Å². The molecule has 104 valence electrons. The van der Waals surface area contributed by atoms with Crippen LogP contribution < -0.4 is 10.9 Å². The normalized spacial score (nSPS) is 17.3. The highest BCUT2D eigenvalue weighted by molar-refractivity contribution is 6.30. The fourth-order valence-corrected chi connectivity index (χ4v) is 2.47. The summed E-state index contributed by atoms with van der Waals surface area (Å²) in [5.74, 6) is -0.00614. The van der Waals surface area contributed by atoms with Crippen molar-refractivity contribution in [1.29, 1.82) is 0 Å². The van der Waals surface area contributed by atoms with E-state index in [1.807, 2.05) is 6.92 Å². The average molecular weight is 284 g/mol. The molecule has 1 saturated heterocycles. The molecule has 0 radical (unpaired) electrons. The van der Waals surface area contributed by atoms with Crippen LogP contribution in [-0.2, 0) is 4.79 Å². The van der Waals surface area contributed by atoms with Crippen molar-refractivity contribution >= 4 is 17.5 Å². The van der Waals surface area contributed by atoms with Crippen molar-refractivity contribution in [2.75, 3.05) is 26.2 Å². The third-order valence-electron chi connectivity index (χ3n) is 3.34. The molecule has 0 spiro atoms. The van der Waals surface area contributed by atoms with Gasteiger partial charge in [0.1, 0.15) is 6.04 Å². The van der Waals surface area contributed by atoms with Gasteiger partial charge in [-0.2, -0.15) is 0 Å². The molecule has 19 heavy (non-hydrogen) atoms. The molecule has 1 fully saturated rings. The summed E-state index contributed by atoms with van der Waals surface area (Å²) in [6.07, 6.45) is 2.11. The van der Waals surface area contributed by atoms with E-state index in [9.17, 15) is 9.59 Å². The fourth-order valence-electron chi connectivity index (χ4n) is 2.31. The Labute approximate surface area is 117 Å². The largest absolute Gasteiger partial charge is 0.338 e. The van der Waals surface area contributed by atoms with Crippen molar-refractivity contribution < 1.29 is 4.79 Å². The molecule has 0 saturated carbocycles. The van der Waals surface area contributed by atoms with Gasteiger partial charge in [0, 0.05) is 38.4 Å². The molecule has 1 aliphatic heterocycles. The highest BCUT2D eigenvalue weighted by Crippen LogP contribution is 2.16. The number of carbonyl (C=O) groups excluding carboxylic acids is 1. The number of rotatable bonds is 3. The van der Waals surface area contributed by atoms with Gasteiger partial charge >= 0.3 is 0 Å². The molecule has 2 rings (SSSR count). The molecule has 1 N–H and O–H groups in total. The number of aromatic nitrogens is 1. The van der Waals surface area contributed by atoms with E-state index in [-0.39, 0.29) is 11.5 Å². The van der Waals surface area contributed by atoms with Crippen LogP contribution in [0.25, 0.3) is 0 Å². The van der Waals surface area contributed by atoms with Gasteiger partial charge in [0.25, 0.3) is 5.56 Å². The summed E-state index contributed by atoms with van der Waals surface area (Å²) >= 11 is 5.91. The van der Waals surface area contributed by atoms with Crippen LogP contribution in [0.5, 0.6) is 0 Å². The standard InChI is InChI=1S/C13H18ClN3O2/c1-2-11(13(19)16-7-5-15-6-8-16)17-9-10(14)3-4-12(17)18/h3-4,9,11,15H,2,5-8H2,1H3. The minimum absolute atomic E-state index is 0.00614. The summed E-state index contributed by atoms with van der Waals surface area (Å²) in [4.78, 5) is 26.2. The van der Waals surface area contributed by atoms with Crippen LogP contribution in [-0.4, -0.2) is 41.6 Å². The third-order valence-corrected chi connectivity index (χ3v) is 3.56. The van der Waals surface area contributed by atoms with E-state index in [0.717, 1.165) is 13.1 Å². The van der Waals surface area contributed by atoms with E-state index in [0.29, 0.717) is 24.5 Å². The molecule has 1 aromatic rings. The number of hydrogen-bond donors (Lipinski definition) is 1. The fraction of sp³-hybridized carbons (Fsp3) is 0.538. The lowest BCUT2D eigenvalue weighted by Gasteiger charge is -2.31. The summed E-state index contributed by atoms with van der Waals surface area (Å²) in [7, 11) is 0. The van der Waals surface area contributed by atoms with E-state index in [2.05, 4.69) is 5.32 Å². The number of pyridine rings is 1. The summed E-state index contributed by atoms with van der Waals surface area (Å²) in [5.41, 5.74) is -0.195. The first-order valence-electron chi connectivity index (χ1n) is 6.50. The highest BCUT2D eigenvalue weighted by atomic mass is 35.5. The van der Waals surface area contributed by atoms with Crippen LogP contribution in [0.3, 0.4) is 0 Å². The lowest BCUT2D eigenvalue weighted by Crippen LogP contribution is -2.49. The lowest BCUT2D eigenvalue weighted by molar-refractivity contribution is -0.135. The molecule has 1 aliphatic rings. The van der Waals surface area contributed by atoms with E-state index < -0.39 is 6.04 Å². The van der Waals surface area contributed by atoms with Crippen LogP contribution in [0, 0.1) is 0 Å². The van der Waals surface area contributed by atoms with Crippen LogP contribution in [0.15, 0.2) is 23.1 Å². The molecule has 1 aromatic heterocycles. The van der Waals surface area contributed by atoms with E-state index in [1.54, 1.807) is 11.0 Å². The van der Waals surface area contributed by atoms with Gasteiger partial charge in [0.15, 0.2) is 0 Å². The Bertz CT molecular complexity index is 509. The number of carbonyl (C=O) groups is 1. The first-order chi connectivity index (χ1) is 9.13. The van der Waals surface area contributed by atoms with Crippen molar-refractivity contribution in [2.45, 2.75) is 19.4 Å². The van der Waals surface area contributed by atoms with Crippen molar-refractivity contribution in [3.63, 3.8) is 0 Å². The summed E-state index contributed by atoms with van der Waals surface area (Å²) in [6.45, 7) is 4.87. The van der Waals surface area contributed by atoms with Crippen molar-refractivity contribution in [3.8, 4) is 0 Å². The van der Waals surface area contributed by atoms with E-state index >= 15 is 0 Å². The maximum absolute atomic E-state index is 12.5. The molecular formula is C13H18ClN3O2. The Kier molecular flexibility index (Phi) is 4.61. The van der Waals surface area contributed by atoms with Gasteiger partial charge in [-0.1, -0.05) is 18.5 Å². The van der Waals surface area contributed by atoms with Crippen molar-refractivity contribution in [3.05, 3.63) is 33.7 Å². The van der Waals surface area contributed by atoms with Crippen LogP contribution in [0.4, 0.5) is 0 Å². The topological polar surface area (TPSA) is 54.3 Å². The highest BCUT2D eigenvalue weighted by Gasteiger charge is 2.26. The predicted molar refractivity (Wildman–Crippen MR) is 74.5 cm³/mol. The molecule has 0 aliphatic carbocycles. The molecular weight excluding hydrogens is 266 g/mol. The number of piperazine rings is 1. The van der Waals surface area contributed by atoms with Crippen molar-refractivity contribution in [1.82, 2.24) is 14.8 Å². The second-order valence-electron chi connectivity index (χ2n) is 4.59. The Morgan fingerprint density at radius 2 is 2.11 bits per heavy atom. The molecule has 1 unspecified atom stereocenters. The predicted octanol–water partition coefficient (Wildman–Crippen LogP) is 0.885. The van der Waals surface area contributed by atoms with Gasteiger partial charge in [0.2, 0.25) is 5.91 Å². The number of halogens is 1. The molecule has 2 heterocycles. The van der Waals surface area contributed by atoms with Gasteiger partial charge in [-0.05, 0) is 12.5 Å². The van der Waals surface area contributed by atoms with Gasteiger partial charge in [-0.3, -0.25) is 9.59 Å². The average Bonchev–Trinajstić information content (AvgIpc) is 2.44. The number of nitrogens with one attached hydrogen (secondary N) is 1. The molecule has 5 nitrogen and oxygen atoms in total. The minimum Gasteiger partial charge on any atom is -0.338 e. The zero-order valence-electron chi connectivity index (χ0n) is 10.9. The second kappa shape index (κ2) is 6.21. The smallest absolute Gasteiger partial charge is 0.251 e. The monoisotopic (exact) mass is 283 g/mol. The van der Waals surface area contributed by atoms with Gasteiger partial charge in [0.05, 0.1) is 5.02 Å².